The number of hydrogen-bond donors (Lipinski definition) is 2. The summed E-state index contributed by atoms with van der Waals surface area (Å²) < 4.78 is 31.6. The largest absolute Gasteiger partial charge is 0.456 e. The lowest BCUT2D eigenvalue weighted by Gasteiger charge is -2.18. The Labute approximate surface area is 186 Å². The summed E-state index contributed by atoms with van der Waals surface area (Å²) >= 11 is 0. The van der Waals surface area contributed by atoms with Crippen molar-refractivity contribution < 1.29 is 27.7 Å². The van der Waals surface area contributed by atoms with Crippen LogP contribution < -0.4 is 10.0 Å². The summed E-state index contributed by atoms with van der Waals surface area (Å²) in [6.45, 7) is 4.84. The maximum absolute atomic E-state index is 12.4. The Morgan fingerprint density at radius 3 is 2.25 bits per heavy atom. The SMILES string of the molecule is CNc1ccc(S(=O)(=O)NCC(=O)OCC(=O)c2ccc(C(C)(C)C)cc2)cc1[N+](=O)[O-]. The minimum absolute atomic E-state index is 0.0704. The average Bonchev–Trinajstić information content (AvgIpc) is 2.75. The number of nitrogens with zero attached hydrogens (tertiary/aromatic N) is 1. The number of rotatable bonds is 9. The molecule has 0 aliphatic rings. The Hall–Kier alpha value is -3.31. The maximum atomic E-state index is 12.4. The molecule has 0 amide bonds. The fourth-order valence-electron chi connectivity index (χ4n) is 2.71. The van der Waals surface area contributed by atoms with Crippen LogP contribution in [0.3, 0.4) is 0 Å². The number of nitrogens with one attached hydrogen (secondary N) is 2. The highest BCUT2D eigenvalue weighted by Crippen LogP contribution is 2.27. The standard InChI is InChI=1S/C21H25N3O7S/c1-21(2,3)15-7-5-14(6-8-15)19(25)13-31-20(26)12-23-32(29,30)16-9-10-17(22-4)18(11-16)24(27)28/h5-11,22-23H,12-13H2,1-4H3. The molecular formula is C21H25N3O7S. The fraction of sp³-hybridized carbons (Fsp3) is 0.333. The second-order valence-corrected chi connectivity index (χ2v) is 9.69. The van der Waals surface area contributed by atoms with E-state index in [-0.39, 0.29) is 16.0 Å². The molecule has 0 atom stereocenters. The molecule has 0 spiro atoms. The summed E-state index contributed by atoms with van der Waals surface area (Å²) in [6, 6.07) is 10.2. The van der Waals surface area contributed by atoms with Crippen molar-refractivity contribution in [3.8, 4) is 0 Å². The molecule has 0 aliphatic carbocycles. The molecule has 0 bridgehead atoms. The lowest BCUT2D eigenvalue weighted by Crippen LogP contribution is -2.31. The third-order valence-electron chi connectivity index (χ3n) is 4.59. The van der Waals surface area contributed by atoms with Crippen LogP contribution in [0.4, 0.5) is 11.4 Å². The first kappa shape index (κ1) is 25.0. The van der Waals surface area contributed by atoms with E-state index in [0.717, 1.165) is 17.7 Å². The van der Waals surface area contributed by atoms with Gasteiger partial charge in [0.25, 0.3) is 5.69 Å². The Morgan fingerprint density at radius 2 is 1.72 bits per heavy atom. The normalized spacial score (nSPS) is 11.6. The number of ether oxygens (including phenoxy) is 1. The van der Waals surface area contributed by atoms with Crippen LogP contribution in [0.5, 0.6) is 0 Å². The molecule has 172 valence electrons. The average molecular weight is 464 g/mol. The van der Waals surface area contributed by atoms with Gasteiger partial charge in [-0.3, -0.25) is 19.7 Å². The van der Waals surface area contributed by atoms with Crippen LogP contribution >= 0.6 is 0 Å². The van der Waals surface area contributed by atoms with Crippen molar-refractivity contribution in [2.24, 2.45) is 0 Å². The number of nitro groups is 1. The van der Waals surface area contributed by atoms with Gasteiger partial charge in [-0.05, 0) is 23.1 Å². The Kier molecular flexibility index (Phi) is 7.70. The molecule has 0 saturated carbocycles. The number of esters is 1. The van der Waals surface area contributed by atoms with Gasteiger partial charge in [0.15, 0.2) is 12.4 Å². The van der Waals surface area contributed by atoms with Gasteiger partial charge < -0.3 is 10.1 Å². The van der Waals surface area contributed by atoms with E-state index in [1.54, 1.807) is 12.1 Å². The van der Waals surface area contributed by atoms with E-state index in [9.17, 15) is 28.1 Å². The number of carbonyl (C=O) groups is 2. The van der Waals surface area contributed by atoms with Gasteiger partial charge in [0.05, 0.1) is 9.82 Å². The van der Waals surface area contributed by atoms with Crippen LogP contribution in [0.15, 0.2) is 47.4 Å². The number of carbonyl (C=O) groups excluding carboxylic acids is 2. The summed E-state index contributed by atoms with van der Waals surface area (Å²) in [7, 11) is -2.75. The lowest BCUT2D eigenvalue weighted by atomic mass is 9.86. The highest BCUT2D eigenvalue weighted by atomic mass is 32.2. The van der Waals surface area contributed by atoms with Crippen molar-refractivity contribution in [3.63, 3.8) is 0 Å². The number of sulfonamides is 1. The summed E-state index contributed by atoms with van der Waals surface area (Å²) in [4.78, 5) is 34.1. The summed E-state index contributed by atoms with van der Waals surface area (Å²) in [5.41, 5.74) is 1.05. The van der Waals surface area contributed by atoms with E-state index in [4.69, 9.17) is 4.74 Å². The summed E-state index contributed by atoms with van der Waals surface area (Å²) in [5, 5.41) is 13.7. The monoisotopic (exact) mass is 463 g/mol. The number of benzene rings is 2. The zero-order valence-electron chi connectivity index (χ0n) is 18.2. The predicted octanol–water partition coefficient (Wildman–Crippen LogP) is 2.64. The topological polar surface area (TPSA) is 145 Å². The van der Waals surface area contributed by atoms with Gasteiger partial charge in [-0.25, -0.2) is 8.42 Å². The van der Waals surface area contributed by atoms with Gasteiger partial charge in [-0.15, -0.1) is 0 Å². The van der Waals surface area contributed by atoms with E-state index < -0.39 is 45.5 Å². The third kappa shape index (κ3) is 6.34. The molecule has 0 aromatic heterocycles. The number of hydrogen-bond acceptors (Lipinski definition) is 8. The molecular weight excluding hydrogens is 438 g/mol. The van der Waals surface area contributed by atoms with Gasteiger partial charge in [-0.2, -0.15) is 4.72 Å². The van der Waals surface area contributed by atoms with Crippen LogP contribution in [0, 0.1) is 10.1 Å². The molecule has 2 aromatic carbocycles. The van der Waals surface area contributed by atoms with Crippen LogP contribution in [-0.2, 0) is 25.0 Å². The van der Waals surface area contributed by atoms with Crippen molar-refractivity contribution in [1.82, 2.24) is 4.72 Å². The van der Waals surface area contributed by atoms with Gasteiger partial charge in [0.2, 0.25) is 10.0 Å². The molecule has 11 heteroatoms. The highest BCUT2D eigenvalue weighted by Gasteiger charge is 2.22. The molecule has 32 heavy (non-hydrogen) atoms. The lowest BCUT2D eigenvalue weighted by molar-refractivity contribution is -0.384. The van der Waals surface area contributed by atoms with E-state index in [0.29, 0.717) is 5.56 Å². The van der Waals surface area contributed by atoms with Crippen LogP contribution in [0.2, 0.25) is 0 Å². The van der Waals surface area contributed by atoms with Crippen molar-refractivity contribution in [1.29, 1.82) is 0 Å². The summed E-state index contributed by atoms with van der Waals surface area (Å²) in [6.07, 6.45) is 0. The number of ketones is 1. The first-order chi connectivity index (χ1) is 14.8. The van der Waals surface area contributed by atoms with E-state index in [2.05, 4.69) is 5.32 Å². The molecule has 2 N–H and O–H groups in total. The quantitative estimate of drug-likeness (QED) is 0.250. The van der Waals surface area contributed by atoms with Crippen LogP contribution in [0.1, 0.15) is 36.7 Å². The predicted molar refractivity (Wildman–Crippen MR) is 118 cm³/mol. The van der Waals surface area contributed by atoms with Gasteiger partial charge in [0, 0.05) is 18.7 Å². The second-order valence-electron chi connectivity index (χ2n) is 7.92. The minimum atomic E-state index is -4.21. The molecule has 0 heterocycles. The Morgan fingerprint density at radius 1 is 1.09 bits per heavy atom. The fourth-order valence-corrected chi connectivity index (χ4v) is 3.70. The first-order valence-electron chi connectivity index (χ1n) is 9.60. The van der Waals surface area contributed by atoms with Gasteiger partial charge in [0.1, 0.15) is 12.2 Å². The molecule has 2 rings (SSSR count). The zero-order chi connectivity index (χ0) is 24.1. The van der Waals surface area contributed by atoms with Crippen molar-refractivity contribution >= 4 is 33.2 Å². The van der Waals surface area contributed by atoms with Crippen molar-refractivity contribution in [2.45, 2.75) is 31.1 Å². The minimum Gasteiger partial charge on any atom is -0.456 e. The van der Waals surface area contributed by atoms with Gasteiger partial charge in [-0.1, -0.05) is 45.0 Å². The first-order valence-corrected chi connectivity index (χ1v) is 11.1. The van der Waals surface area contributed by atoms with Crippen molar-refractivity contribution in [2.75, 3.05) is 25.5 Å². The molecule has 10 nitrogen and oxygen atoms in total. The van der Waals surface area contributed by atoms with Gasteiger partial charge >= 0.3 is 5.97 Å². The molecule has 0 fully saturated rings. The maximum Gasteiger partial charge on any atom is 0.321 e. The molecule has 2 aromatic rings. The number of anilines is 1. The third-order valence-corrected chi connectivity index (χ3v) is 5.99. The molecule has 0 radical (unpaired) electrons. The highest BCUT2D eigenvalue weighted by molar-refractivity contribution is 7.89. The molecule has 0 unspecified atom stereocenters. The zero-order valence-corrected chi connectivity index (χ0v) is 19.0. The second kappa shape index (κ2) is 9.88. The smallest absolute Gasteiger partial charge is 0.321 e. The Bertz CT molecular complexity index is 1120. The van der Waals surface area contributed by atoms with E-state index in [1.807, 2.05) is 37.6 Å². The van der Waals surface area contributed by atoms with Crippen LogP contribution in [-0.4, -0.2) is 45.3 Å². The van der Waals surface area contributed by atoms with Crippen LogP contribution in [0.25, 0.3) is 0 Å². The van der Waals surface area contributed by atoms with E-state index in [1.165, 1.54) is 13.1 Å². The van der Waals surface area contributed by atoms with Crippen molar-refractivity contribution in [3.05, 3.63) is 63.7 Å². The summed E-state index contributed by atoms with van der Waals surface area (Å²) in [5.74, 6) is -1.39. The molecule has 0 aliphatic heterocycles. The number of Topliss-reactive ketones (excluding diaryl/α,β-unsaturated/α-hetero) is 1. The number of nitro benzene ring substituents is 1. The Balaban J connectivity index is 1.95. The van der Waals surface area contributed by atoms with E-state index >= 15 is 0 Å². The molecule has 0 saturated heterocycles.